The van der Waals surface area contributed by atoms with Gasteiger partial charge in [0.05, 0.1) is 12.1 Å². The fourth-order valence-corrected chi connectivity index (χ4v) is 2.01. The van der Waals surface area contributed by atoms with Gasteiger partial charge in [-0.2, -0.15) is 4.98 Å². The van der Waals surface area contributed by atoms with Crippen molar-refractivity contribution < 1.29 is 9.63 Å². The molecule has 1 aromatic rings. The van der Waals surface area contributed by atoms with Gasteiger partial charge in [0.15, 0.2) is 5.82 Å². The Kier molecular flexibility index (Phi) is 3.96. The summed E-state index contributed by atoms with van der Waals surface area (Å²) in [6.07, 6.45) is -0.704. The van der Waals surface area contributed by atoms with Crippen molar-refractivity contribution in [3.8, 4) is 0 Å². The molecule has 1 saturated heterocycles. The van der Waals surface area contributed by atoms with Gasteiger partial charge in [0.2, 0.25) is 5.89 Å². The molecule has 2 rings (SSSR count). The van der Waals surface area contributed by atoms with Gasteiger partial charge in [-0.25, -0.2) is 0 Å². The van der Waals surface area contributed by atoms with Gasteiger partial charge in [-0.3, -0.25) is 4.90 Å². The van der Waals surface area contributed by atoms with E-state index in [-0.39, 0.29) is 6.04 Å². The molecule has 0 saturated carbocycles. The number of hydrogen-bond donors (Lipinski definition) is 2. The third kappa shape index (κ3) is 2.69. The standard InChI is InChI=1S/C11H21N5O2/c1-7(17)9(12)11-13-10(14-18-11)8-6-15(2)4-5-16(8)3/h7-9,17H,4-6,12H2,1-3H3. The second-order valence-electron chi connectivity index (χ2n) is 5.02. The normalized spacial score (nSPS) is 26.2. The number of piperazine rings is 1. The quantitative estimate of drug-likeness (QED) is 0.743. The van der Waals surface area contributed by atoms with E-state index in [1.165, 1.54) is 0 Å². The minimum atomic E-state index is -0.704. The molecule has 3 N–H and O–H groups in total. The van der Waals surface area contributed by atoms with E-state index in [1.807, 2.05) is 7.05 Å². The number of rotatable bonds is 3. The van der Waals surface area contributed by atoms with E-state index in [1.54, 1.807) is 6.92 Å². The molecule has 18 heavy (non-hydrogen) atoms. The molecule has 0 aromatic carbocycles. The van der Waals surface area contributed by atoms with E-state index in [9.17, 15) is 5.11 Å². The summed E-state index contributed by atoms with van der Waals surface area (Å²) >= 11 is 0. The summed E-state index contributed by atoms with van der Waals surface area (Å²) in [4.78, 5) is 8.74. The van der Waals surface area contributed by atoms with Crippen LogP contribution >= 0.6 is 0 Å². The van der Waals surface area contributed by atoms with Crippen LogP contribution in [0.4, 0.5) is 0 Å². The smallest absolute Gasteiger partial charge is 0.246 e. The summed E-state index contributed by atoms with van der Waals surface area (Å²) in [5, 5.41) is 13.4. The summed E-state index contributed by atoms with van der Waals surface area (Å²) in [5.41, 5.74) is 5.77. The topological polar surface area (TPSA) is 91.7 Å². The first-order valence-corrected chi connectivity index (χ1v) is 6.15. The molecule has 1 aliphatic heterocycles. The van der Waals surface area contributed by atoms with Crippen LogP contribution in [0, 0.1) is 0 Å². The molecule has 0 spiro atoms. The highest BCUT2D eigenvalue weighted by Gasteiger charge is 2.29. The van der Waals surface area contributed by atoms with E-state index in [4.69, 9.17) is 10.3 Å². The third-order valence-electron chi connectivity index (χ3n) is 3.41. The zero-order chi connectivity index (χ0) is 13.3. The van der Waals surface area contributed by atoms with Crippen molar-refractivity contribution in [3.05, 3.63) is 11.7 Å². The maximum Gasteiger partial charge on any atom is 0.246 e. The van der Waals surface area contributed by atoms with Crippen LogP contribution in [-0.4, -0.2) is 64.9 Å². The van der Waals surface area contributed by atoms with Gasteiger partial charge >= 0.3 is 0 Å². The molecule has 0 bridgehead atoms. The highest BCUT2D eigenvalue weighted by atomic mass is 16.5. The van der Waals surface area contributed by atoms with Crippen LogP contribution in [0.2, 0.25) is 0 Å². The predicted octanol–water partition coefficient (Wildman–Crippen LogP) is -0.631. The van der Waals surface area contributed by atoms with Gasteiger partial charge in [-0.1, -0.05) is 5.16 Å². The van der Waals surface area contributed by atoms with Crippen molar-refractivity contribution in [2.75, 3.05) is 33.7 Å². The number of likely N-dealkylation sites (N-methyl/N-ethyl adjacent to an activating group) is 2. The Morgan fingerprint density at radius 3 is 2.83 bits per heavy atom. The zero-order valence-corrected chi connectivity index (χ0v) is 11.1. The molecular formula is C11H21N5O2. The average Bonchev–Trinajstić information content (AvgIpc) is 2.80. The van der Waals surface area contributed by atoms with Crippen LogP contribution in [0.3, 0.4) is 0 Å². The van der Waals surface area contributed by atoms with Crippen molar-refractivity contribution >= 4 is 0 Å². The SMILES string of the molecule is CC(O)C(N)c1nc(C2CN(C)CCN2C)no1. The minimum absolute atomic E-state index is 0.113. The van der Waals surface area contributed by atoms with E-state index < -0.39 is 12.1 Å². The summed E-state index contributed by atoms with van der Waals surface area (Å²) in [6.45, 7) is 4.47. The third-order valence-corrected chi connectivity index (χ3v) is 3.41. The molecule has 3 atom stereocenters. The number of hydrogen-bond acceptors (Lipinski definition) is 7. The Morgan fingerprint density at radius 2 is 2.17 bits per heavy atom. The number of nitrogens with two attached hydrogens (primary N) is 1. The lowest BCUT2D eigenvalue weighted by molar-refractivity contribution is 0.108. The van der Waals surface area contributed by atoms with Crippen LogP contribution in [0.1, 0.15) is 30.7 Å². The van der Waals surface area contributed by atoms with E-state index in [0.717, 1.165) is 19.6 Å². The van der Waals surface area contributed by atoms with E-state index in [2.05, 4.69) is 27.0 Å². The Bertz CT molecular complexity index is 395. The Hall–Kier alpha value is -1.02. The first-order chi connectivity index (χ1) is 8.49. The highest BCUT2D eigenvalue weighted by Crippen LogP contribution is 2.22. The van der Waals surface area contributed by atoms with Crippen molar-refractivity contribution in [1.82, 2.24) is 19.9 Å². The second kappa shape index (κ2) is 5.31. The molecule has 0 aliphatic carbocycles. The van der Waals surface area contributed by atoms with Crippen LogP contribution in [-0.2, 0) is 0 Å². The Morgan fingerprint density at radius 1 is 1.44 bits per heavy atom. The van der Waals surface area contributed by atoms with Gasteiger partial charge in [0, 0.05) is 19.6 Å². The summed E-state index contributed by atoms with van der Waals surface area (Å²) in [6, 6.07) is -0.514. The molecule has 7 nitrogen and oxygen atoms in total. The van der Waals surface area contributed by atoms with Crippen molar-refractivity contribution in [2.45, 2.75) is 25.1 Å². The largest absolute Gasteiger partial charge is 0.391 e. The molecule has 1 fully saturated rings. The molecule has 0 radical (unpaired) electrons. The molecule has 7 heteroatoms. The Labute approximate surface area is 107 Å². The number of nitrogens with zero attached hydrogens (tertiary/aromatic N) is 4. The van der Waals surface area contributed by atoms with Gasteiger partial charge in [0.25, 0.3) is 0 Å². The van der Waals surface area contributed by atoms with Gasteiger partial charge in [0.1, 0.15) is 6.04 Å². The maximum absolute atomic E-state index is 9.42. The molecule has 0 amide bonds. The first kappa shape index (κ1) is 13.4. The fourth-order valence-electron chi connectivity index (χ4n) is 2.01. The van der Waals surface area contributed by atoms with Crippen molar-refractivity contribution in [1.29, 1.82) is 0 Å². The number of aromatic nitrogens is 2. The summed E-state index contributed by atoms with van der Waals surface area (Å²) in [7, 11) is 4.12. The van der Waals surface area contributed by atoms with Gasteiger partial charge < -0.3 is 20.3 Å². The number of aliphatic hydroxyl groups is 1. The predicted molar refractivity (Wildman–Crippen MR) is 65.8 cm³/mol. The van der Waals surface area contributed by atoms with Crippen LogP contribution in [0.15, 0.2) is 4.52 Å². The van der Waals surface area contributed by atoms with Crippen molar-refractivity contribution in [3.63, 3.8) is 0 Å². The lowest BCUT2D eigenvalue weighted by Gasteiger charge is -2.35. The summed E-state index contributed by atoms with van der Waals surface area (Å²) in [5.74, 6) is 0.928. The lowest BCUT2D eigenvalue weighted by Crippen LogP contribution is -2.45. The average molecular weight is 255 g/mol. The molecule has 2 heterocycles. The van der Waals surface area contributed by atoms with Crippen LogP contribution in [0.5, 0.6) is 0 Å². The van der Waals surface area contributed by atoms with Gasteiger partial charge in [-0.05, 0) is 21.0 Å². The number of aliphatic hydroxyl groups excluding tert-OH is 1. The second-order valence-corrected chi connectivity index (χ2v) is 5.02. The maximum atomic E-state index is 9.42. The molecule has 1 aromatic heterocycles. The lowest BCUT2D eigenvalue weighted by atomic mass is 10.1. The molecule has 1 aliphatic rings. The Balaban J connectivity index is 2.13. The fraction of sp³-hybridized carbons (Fsp3) is 0.818. The summed E-state index contributed by atoms with van der Waals surface area (Å²) < 4.78 is 5.13. The monoisotopic (exact) mass is 255 g/mol. The highest BCUT2D eigenvalue weighted by molar-refractivity contribution is 5.00. The minimum Gasteiger partial charge on any atom is -0.391 e. The van der Waals surface area contributed by atoms with Gasteiger partial charge in [-0.15, -0.1) is 0 Å². The zero-order valence-electron chi connectivity index (χ0n) is 11.1. The van der Waals surface area contributed by atoms with Crippen molar-refractivity contribution in [2.24, 2.45) is 5.73 Å². The van der Waals surface area contributed by atoms with Crippen LogP contribution in [0.25, 0.3) is 0 Å². The molecular weight excluding hydrogens is 234 g/mol. The molecule has 102 valence electrons. The van der Waals surface area contributed by atoms with E-state index in [0.29, 0.717) is 11.7 Å². The first-order valence-electron chi connectivity index (χ1n) is 6.15. The van der Waals surface area contributed by atoms with Crippen LogP contribution < -0.4 is 5.73 Å². The van der Waals surface area contributed by atoms with E-state index >= 15 is 0 Å². The molecule has 3 unspecified atom stereocenters.